The van der Waals surface area contributed by atoms with Gasteiger partial charge in [0, 0.05) is 49.8 Å². The Labute approximate surface area is 247 Å². The average Bonchev–Trinajstić information content (AvgIpc) is 3.02. The number of piperazine rings is 1. The first-order valence-electron chi connectivity index (χ1n) is 14.2. The van der Waals surface area contributed by atoms with Crippen molar-refractivity contribution in [3.05, 3.63) is 113 Å². The molecule has 0 spiro atoms. The van der Waals surface area contributed by atoms with E-state index in [9.17, 15) is 9.59 Å². The monoisotopic (exact) mass is 563 g/mol. The molecule has 42 heavy (non-hydrogen) atoms. The molecule has 0 atom stereocenters. The average molecular weight is 564 g/mol. The number of urea groups is 1. The van der Waals surface area contributed by atoms with Gasteiger partial charge in [-0.25, -0.2) is 4.79 Å². The van der Waals surface area contributed by atoms with Crippen molar-refractivity contribution < 1.29 is 14.3 Å². The van der Waals surface area contributed by atoms with Crippen LogP contribution in [-0.4, -0.2) is 45.2 Å². The lowest BCUT2D eigenvalue weighted by atomic mass is 10.1. The maximum absolute atomic E-state index is 13.6. The quantitative estimate of drug-likeness (QED) is 0.237. The Bertz CT molecular complexity index is 1550. The van der Waals surface area contributed by atoms with E-state index in [2.05, 4.69) is 31.8 Å². The Balaban J connectivity index is 1.34. The minimum atomic E-state index is -0.363. The number of hydrogen-bond donors (Lipinski definition) is 3. The summed E-state index contributed by atoms with van der Waals surface area (Å²) in [5.74, 6) is 0.654. The Kier molecular flexibility index (Phi) is 8.92. The van der Waals surface area contributed by atoms with Crippen molar-refractivity contribution in [3.8, 4) is 5.75 Å². The van der Waals surface area contributed by atoms with Crippen LogP contribution in [0.3, 0.4) is 0 Å². The van der Waals surface area contributed by atoms with Crippen LogP contribution < -0.4 is 30.5 Å². The Morgan fingerprint density at radius 1 is 0.762 bits per heavy atom. The molecule has 4 aromatic carbocycles. The van der Waals surface area contributed by atoms with Gasteiger partial charge < -0.3 is 30.5 Å². The second kappa shape index (κ2) is 13.1. The van der Waals surface area contributed by atoms with Gasteiger partial charge in [0.25, 0.3) is 5.91 Å². The number of para-hydroxylation sites is 2. The van der Waals surface area contributed by atoms with E-state index in [0.29, 0.717) is 17.8 Å². The number of amides is 3. The van der Waals surface area contributed by atoms with Crippen LogP contribution in [0.15, 0.2) is 91.0 Å². The van der Waals surface area contributed by atoms with Crippen molar-refractivity contribution in [2.75, 3.05) is 53.7 Å². The van der Waals surface area contributed by atoms with Gasteiger partial charge in [-0.3, -0.25) is 4.79 Å². The minimum absolute atomic E-state index is 0.195. The van der Waals surface area contributed by atoms with Gasteiger partial charge in [-0.05, 0) is 66.9 Å². The second-order valence-electron chi connectivity index (χ2n) is 10.4. The molecule has 0 radical (unpaired) electrons. The van der Waals surface area contributed by atoms with Crippen LogP contribution in [0.5, 0.6) is 5.75 Å². The molecule has 0 bridgehead atoms. The van der Waals surface area contributed by atoms with Crippen LogP contribution >= 0.6 is 0 Å². The van der Waals surface area contributed by atoms with Crippen LogP contribution in [0.2, 0.25) is 0 Å². The van der Waals surface area contributed by atoms with Crippen LogP contribution in [0.4, 0.5) is 27.5 Å². The van der Waals surface area contributed by atoms with Crippen LogP contribution in [0.25, 0.3) is 0 Å². The lowest BCUT2D eigenvalue weighted by Gasteiger charge is -2.38. The zero-order valence-corrected chi connectivity index (χ0v) is 24.3. The first kappa shape index (κ1) is 28.5. The number of carbonyl (C=O) groups excluding carboxylic acids is 2. The molecule has 5 rings (SSSR count). The number of rotatable bonds is 8. The largest absolute Gasteiger partial charge is 0.495 e. The molecule has 3 amide bonds. The van der Waals surface area contributed by atoms with Crippen LogP contribution in [-0.2, 0) is 6.54 Å². The molecule has 1 fully saturated rings. The summed E-state index contributed by atoms with van der Waals surface area (Å²) in [5.41, 5.74) is 6.82. The van der Waals surface area contributed by atoms with Crippen molar-refractivity contribution in [3.63, 3.8) is 0 Å². The smallest absolute Gasteiger partial charge is 0.323 e. The Morgan fingerprint density at radius 2 is 1.45 bits per heavy atom. The number of anilines is 4. The molecule has 1 aliphatic heterocycles. The fourth-order valence-electron chi connectivity index (χ4n) is 5.20. The summed E-state index contributed by atoms with van der Waals surface area (Å²) < 4.78 is 5.57. The number of aryl methyl sites for hydroxylation is 1. The van der Waals surface area contributed by atoms with E-state index >= 15 is 0 Å². The highest BCUT2D eigenvalue weighted by Crippen LogP contribution is 2.31. The number of methoxy groups -OCH3 is 1. The number of nitrogens with one attached hydrogen (secondary N) is 3. The van der Waals surface area contributed by atoms with E-state index in [1.807, 2.05) is 92.7 Å². The minimum Gasteiger partial charge on any atom is -0.495 e. The number of hydrogen-bond acceptors (Lipinski definition) is 5. The normalized spacial score (nSPS) is 12.9. The summed E-state index contributed by atoms with van der Waals surface area (Å²) in [7, 11) is 1.69. The van der Waals surface area contributed by atoms with E-state index < -0.39 is 0 Å². The summed E-state index contributed by atoms with van der Waals surface area (Å²) in [6, 6.07) is 28.8. The topological polar surface area (TPSA) is 85.9 Å². The predicted octanol–water partition coefficient (Wildman–Crippen LogP) is 6.21. The lowest BCUT2D eigenvalue weighted by Crippen LogP contribution is -2.47. The van der Waals surface area contributed by atoms with Crippen molar-refractivity contribution in [2.45, 2.75) is 20.4 Å². The molecule has 1 aliphatic rings. The molecule has 8 nitrogen and oxygen atoms in total. The molecule has 1 saturated heterocycles. The van der Waals surface area contributed by atoms with E-state index in [1.165, 1.54) is 0 Å². The fourth-order valence-corrected chi connectivity index (χ4v) is 5.20. The standard InChI is InChI=1S/C34H37N5O3/c1-24-10-9-13-29(25(24)2)37-34(41)36-27-16-17-30(28(22-27)33(40)35-23-26-11-5-4-6-12-26)38-18-20-39(21-19-38)31-14-7-8-15-32(31)42-3/h4-17,22H,18-21,23H2,1-3H3,(H,35,40)(H2,36,37,41). The molecule has 3 N–H and O–H groups in total. The van der Waals surface area contributed by atoms with E-state index in [4.69, 9.17) is 4.74 Å². The Morgan fingerprint density at radius 3 is 2.19 bits per heavy atom. The van der Waals surface area contributed by atoms with Crippen molar-refractivity contribution in [1.82, 2.24) is 5.32 Å². The molecule has 0 saturated carbocycles. The van der Waals surface area contributed by atoms with Gasteiger partial charge in [0.2, 0.25) is 0 Å². The molecule has 0 aliphatic carbocycles. The summed E-state index contributed by atoms with van der Waals surface area (Å²) in [6.45, 7) is 7.42. The van der Waals surface area contributed by atoms with Gasteiger partial charge in [-0.1, -0.05) is 54.6 Å². The summed E-state index contributed by atoms with van der Waals surface area (Å²) >= 11 is 0. The highest BCUT2D eigenvalue weighted by molar-refractivity contribution is 6.04. The molecule has 8 heteroatoms. The van der Waals surface area contributed by atoms with Gasteiger partial charge in [0.15, 0.2) is 0 Å². The number of ether oxygens (including phenoxy) is 1. The van der Waals surface area contributed by atoms with Crippen molar-refractivity contribution in [2.24, 2.45) is 0 Å². The summed E-state index contributed by atoms with van der Waals surface area (Å²) in [6.07, 6.45) is 0. The van der Waals surface area contributed by atoms with E-state index in [-0.39, 0.29) is 11.9 Å². The van der Waals surface area contributed by atoms with Gasteiger partial charge in [-0.2, -0.15) is 0 Å². The molecule has 216 valence electrons. The second-order valence-corrected chi connectivity index (χ2v) is 10.4. The highest BCUT2D eigenvalue weighted by Gasteiger charge is 2.24. The molecule has 4 aromatic rings. The van der Waals surface area contributed by atoms with E-state index in [1.54, 1.807) is 13.2 Å². The molecule has 1 heterocycles. The zero-order chi connectivity index (χ0) is 29.5. The lowest BCUT2D eigenvalue weighted by molar-refractivity contribution is 0.0951. The molecule has 0 unspecified atom stereocenters. The third-order valence-electron chi connectivity index (χ3n) is 7.69. The van der Waals surface area contributed by atoms with Gasteiger partial charge in [0.05, 0.1) is 18.4 Å². The molecular weight excluding hydrogens is 526 g/mol. The highest BCUT2D eigenvalue weighted by atomic mass is 16.5. The summed E-state index contributed by atoms with van der Waals surface area (Å²) in [5, 5.41) is 8.89. The third-order valence-corrected chi connectivity index (χ3v) is 7.69. The maximum atomic E-state index is 13.6. The Hall–Kier alpha value is -4.98. The predicted molar refractivity (Wildman–Crippen MR) is 170 cm³/mol. The van der Waals surface area contributed by atoms with Gasteiger partial charge in [0.1, 0.15) is 5.75 Å². The molecular formula is C34H37N5O3. The zero-order valence-electron chi connectivity index (χ0n) is 24.3. The molecule has 0 aromatic heterocycles. The third kappa shape index (κ3) is 6.66. The van der Waals surface area contributed by atoms with Crippen molar-refractivity contribution >= 4 is 34.7 Å². The van der Waals surface area contributed by atoms with Crippen molar-refractivity contribution in [1.29, 1.82) is 0 Å². The SMILES string of the molecule is COc1ccccc1N1CCN(c2ccc(NC(=O)Nc3cccc(C)c3C)cc2C(=O)NCc2ccccc2)CC1. The maximum Gasteiger partial charge on any atom is 0.323 e. The van der Waals surface area contributed by atoms with E-state index in [0.717, 1.165) is 65.7 Å². The number of nitrogens with zero attached hydrogens (tertiary/aromatic N) is 2. The fraction of sp³-hybridized carbons (Fsp3) is 0.235. The first-order chi connectivity index (χ1) is 20.4. The van der Waals surface area contributed by atoms with Crippen LogP contribution in [0.1, 0.15) is 27.0 Å². The first-order valence-corrected chi connectivity index (χ1v) is 14.2. The van der Waals surface area contributed by atoms with Gasteiger partial charge in [-0.15, -0.1) is 0 Å². The van der Waals surface area contributed by atoms with Gasteiger partial charge >= 0.3 is 6.03 Å². The van der Waals surface area contributed by atoms with Crippen LogP contribution in [0, 0.1) is 13.8 Å². The number of carbonyl (C=O) groups is 2. The summed E-state index contributed by atoms with van der Waals surface area (Å²) in [4.78, 5) is 31.0. The number of benzene rings is 4.